The molecule has 216 valence electrons. The van der Waals surface area contributed by atoms with Crippen molar-refractivity contribution >= 4 is 17.8 Å². The number of ether oxygens (including phenoxy) is 1. The molecule has 10 nitrogen and oxygen atoms in total. The lowest BCUT2D eigenvalue weighted by atomic mass is 9.96. The van der Waals surface area contributed by atoms with Gasteiger partial charge in [-0.25, -0.2) is 4.79 Å². The molecule has 6 N–H and O–H groups in total. The number of nitrogens with one attached hydrogen (secondary N) is 4. The van der Waals surface area contributed by atoms with Crippen LogP contribution < -0.4 is 26.7 Å². The van der Waals surface area contributed by atoms with Crippen molar-refractivity contribution in [1.29, 1.82) is 5.41 Å². The van der Waals surface area contributed by atoms with Crippen molar-refractivity contribution in [2.45, 2.75) is 73.9 Å². The summed E-state index contributed by atoms with van der Waals surface area (Å²) >= 11 is 0. The number of nitrogens with zero attached hydrogens (tertiary/aromatic N) is 2. The monoisotopic (exact) mass is 541 g/mol. The Morgan fingerprint density at radius 1 is 1.23 bits per heavy atom. The largest absolute Gasteiger partial charge is 0.496 e. The summed E-state index contributed by atoms with van der Waals surface area (Å²) in [5.41, 5.74) is 6.22. The summed E-state index contributed by atoms with van der Waals surface area (Å²) in [4.78, 5) is 27.2. The van der Waals surface area contributed by atoms with E-state index in [0.717, 1.165) is 11.1 Å². The van der Waals surface area contributed by atoms with E-state index < -0.39 is 0 Å². The Labute approximate surface area is 233 Å². The minimum atomic E-state index is -0.311. The summed E-state index contributed by atoms with van der Waals surface area (Å²) in [6.45, 7) is 15.2. The third-order valence-corrected chi connectivity index (χ3v) is 5.85. The Morgan fingerprint density at radius 2 is 1.90 bits per heavy atom. The summed E-state index contributed by atoms with van der Waals surface area (Å²) < 4.78 is 5.51. The summed E-state index contributed by atoms with van der Waals surface area (Å²) in [5.74, 6) is 5.96. The van der Waals surface area contributed by atoms with Crippen LogP contribution in [-0.2, 0) is 13.0 Å². The van der Waals surface area contributed by atoms with Gasteiger partial charge in [0.2, 0.25) is 0 Å². The maximum Gasteiger partial charge on any atom is 0.317 e. The Bertz CT molecular complexity index is 1080. The molecule has 0 aliphatic carbocycles. The van der Waals surface area contributed by atoms with Crippen LogP contribution in [0.25, 0.3) is 0 Å². The molecular weight excluding hydrogens is 494 g/mol. The Kier molecular flexibility index (Phi) is 14.6. The van der Waals surface area contributed by atoms with E-state index in [1.807, 2.05) is 40.7 Å². The van der Waals surface area contributed by atoms with Gasteiger partial charge in [-0.05, 0) is 75.9 Å². The second-order valence-corrected chi connectivity index (χ2v) is 9.38. The molecule has 0 unspecified atom stereocenters. The van der Waals surface area contributed by atoms with Crippen molar-refractivity contribution in [3.05, 3.63) is 64.4 Å². The van der Waals surface area contributed by atoms with Gasteiger partial charge in [-0.3, -0.25) is 21.1 Å². The van der Waals surface area contributed by atoms with Gasteiger partial charge in [0, 0.05) is 31.4 Å². The smallest absolute Gasteiger partial charge is 0.317 e. The van der Waals surface area contributed by atoms with Crippen molar-refractivity contribution in [2.24, 2.45) is 5.84 Å². The second-order valence-electron chi connectivity index (χ2n) is 9.38. The predicted molar refractivity (Wildman–Crippen MR) is 158 cm³/mol. The van der Waals surface area contributed by atoms with Crippen LogP contribution in [0.3, 0.4) is 0 Å². The van der Waals surface area contributed by atoms with E-state index in [1.54, 1.807) is 40.3 Å². The zero-order chi connectivity index (χ0) is 29.5. The number of nitrogens with two attached hydrogens (primary N) is 1. The first-order valence-corrected chi connectivity index (χ1v) is 13.5. The number of benzene rings is 1. The van der Waals surface area contributed by atoms with Gasteiger partial charge in [-0.2, -0.15) is 5.53 Å². The van der Waals surface area contributed by atoms with Gasteiger partial charge in [0.1, 0.15) is 11.6 Å². The molecule has 0 spiro atoms. The molecule has 0 saturated carbocycles. The molecule has 0 aromatic heterocycles. The minimum Gasteiger partial charge on any atom is -0.496 e. The van der Waals surface area contributed by atoms with Crippen LogP contribution in [0, 0.1) is 5.41 Å². The molecular formula is C29H47N7O3. The number of allylic oxidation sites excluding steroid dienone is 4. The lowest BCUT2D eigenvalue weighted by Gasteiger charge is -2.29. The normalized spacial score (nSPS) is 13.4. The standard InChI is InChI=1S/C26H39N7O3.C3H8/c1-7-21(11-9-10-18(5)24(27)33(31-28)17(3)4)30-25(34)22-14-20-16-32(26(35)29-8-2)13-12-19(20)15-23(22)36-6;1-3-2/h7,9-11,14-15,17,27,31H,8,12-13,16,28H2,1-6H3,(H,29,35)(H,30,34);3H2,1-2H3/b11-9-,18-10+,21-7-,27-24?;. The molecule has 1 aliphatic rings. The lowest BCUT2D eigenvalue weighted by molar-refractivity contribution is 0.0964. The van der Waals surface area contributed by atoms with Crippen molar-refractivity contribution in [3.63, 3.8) is 0 Å². The third-order valence-electron chi connectivity index (χ3n) is 5.85. The zero-order valence-electron chi connectivity index (χ0n) is 24.8. The van der Waals surface area contributed by atoms with Crippen molar-refractivity contribution in [3.8, 4) is 5.75 Å². The highest BCUT2D eigenvalue weighted by atomic mass is 16.5. The predicted octanol–water partition coefficient (Wildman–Crippen LogP) is 4.40. The first-order valence-electron chi connectivity index (χ1n) is 13.5. The van der Waals surface area contributed by atoms with Crippen LogP contribution in [-0.4, -0.2) is 53.9 Å². The number of urea groups is 1. The number of hydrazine groups is 2. The van der Waals surface area contributed by atoms with Gasteiger partial charge >= 0.3 is 6.03 Å². The SMILES string of the molecule is C/C=C(/C=C\C=C(/C)C(=N)N(NN)C(C)C)NC(=O)c1cc2c(cc1OC)CCN(C(=O)NCC)C2.CCC. The average molecular weight is 542 g/mol. The molecule has 3 amide bonds. The molecule has 2 rings (SSSR count). The molecule has 1 heterocycles. The van der Waals surface area contributed by atoms with E-state index >= 15 is 0 Å². The summed E-state index contributed by atoms with van der Waals surface area (Å²) in [5, 5.41) is 15.6. The summed E-state index contributed by atoms with van der Waals surface area (Å²) in [6, 6.07) is 3.59. The van der Waals surface area contributed by atoms with Gasteiger partial charge in [0.15, 0.2) is 0 Å². The van der Waals surface area contributed by atoms with Gasteiger partial charge in [0.05, 0.1) is 12.7 Å². The van der Waals surface area contributed by atoms with E-state index in [9.17, 15) is 9.59 Å². The highest BCUT2D eigenvalue weighted by Crippen LogP contribution is 2.28. The molecule has 1 aliphatic heterocycles. The fourth-order valence-electron chi connectivity index (χ4n) is 3.81. The quantitative estimate of drug-likeness (QED) is 0.103. The van der Waals surface area contributed by atoms with Crippen LogP contribution in [0.15, 0.2) is 47.7 Å². The number of fused-ring (bicyclic) bond motifs is 1. The van der Waals surface area contributed by atoms with E-state index in [4.69, 9.17) is 16.0 Å². The maximum absolute atomic E-state index is 13.2. The van der Waals surface area contributed by atoms with E-state index in [-0.39, 0.29) is 23.8 Å². The first-order chi connectivity index (χ1) is 18.6. The highest BCUT2D eigenvalue weighted by Gasteiger charge is 2.24. The van der Waals surface area contributed by atoms with Crippen LogP contribution in [0.4, 0.5) is 4.79 Å². The van der Waals surface area contributed by atoms with Crippen LogP contribution in [0.2, 0.25) is 0 Å². The molecule has 1 aromatic rings. The van der Waals surface area contributed by atoms with Crippen molar-refractivity contribution in [2.75, 3.05) is 20.2 Å². The number of amidine groups is 1. The third kappa shape index (κ3) is 9.88. The number of rotatable bonds is 9. The molecule has 0 bridgehead atoms. The maximum atomic E-state index is 13.2. The minimum absolute atomic E-state index is 0.0138. The molecule has 0 radical (unpaired) electrons. The lowest BCUT2D eigenvalue weighted by Crippen LogP contribution is -2.50. The molecule has 0 saturated heterocycles. The van der Waals surface area contributed by atoms with Crippen LogP contribution >= 0.6 is 0 Å². The summed E-state index contributed by atoms with van der Waals surface area (Å²) in [7, 11) is 1.54. The molecule has 10 heteroatoms. The van der Waals surface area contributed by atoms with Gasteiger partial charge in [-0.1, -0.05) is 38.5 Å². The molecule has 39 heavy (non-hydrogen) atoms. The van der Waals surface area contributed by atoms with Crippen LogP contribution in [0.1, 0.15) is 76.4 Å². The molecule has 0 fully saturated rings. The number of carbonyl (C=O) groups is 2. The second kappa shape index (κ2) is 17.1. The van der Waals surface area contributed by atoms with Gasteiger partial charge in [0.25, 0.3) is 5.91 Å². The molecule has 1 aromatic carbocycles. The van der Waals surface area contributed by atoms with Crippen molar-refractivity contribution in [1.82, 2.24) is 26.1 Å². The highest BCUT2D eigenvalue weighted by molar-refractivity contribution is 5.98. The number of carbonyl (C=O) groups excluding carboxylic acids is 2. The Hall–Kier alpha value is -3.63. The topological polar surface area (TPSA) is 136 Å². The first kappa shape index (κ1) is 33.4. The van der Waals surface area contributed by atoms with E-state index in [2.05, 4.69) is 30.0 Å². The van der Waals surface area contributed by atoms with Gasteiger partial charge in [-0.15, -0.1) is 0 Å². The number of methoxy groups -OCH3 is 1. The van der Waals surface area contributed by atoms with Crippen LogP contribution in [0.5, 0.6) is 5.75 Å². The number of amides is 3. The zero-order valence-corrected chi connectivity index (χ0v) is 24.8. The molecule has 0 atom stereocenters. The number of hydrogen-bond donors (Lipinski definition) is 5. The Balaban J connectivity index is 0.00000242. The van der Waals surface area contributed by atoms with Crippen molar-refractivity contribution < 1.29 is 14.3 Å². The fraction of sp³-hybridized carbons (Fsp3) is 0.483. The van der Waals surface area contributed by atoms with E-state index in [0.29, 0.717) is 48.6 Å². The van der Waals surface area contributed by atoms with E-state index in [1.165, 1.54) is 13.5 Å². The fourth-order valence-corrected chi connectivity index (χ4v) is 3.81. The number of hydrogen-bond acceptors (Lipinski definition) is 6. The van der Waals surface area contributed by atoms with Gasteiger partial charge < -0.3 is 20.3 Å². The average Bonchev–Trinajstić information content (AvgIpc) is 2.91. The Morgan fingerprint density at radius 3 is 2.44 bits per heavy atom. The summed E-state index contributed by atoms with van der Waals surface area (Å²) in [6.07, 6.45) is 9.03.